The van der Waals surface area contributed by atoms with Gasteiger partial charge in [0.25, 0.3) is 0 Å². The summed E-state index contributed by atoms with van der Waals surface area (Å²) in [6.07, 6.45) is 1.69. The first-order chi connectivity index (χ1) is 10.2. The Morgan fingerprint density at radius 2 is 1.33 bits per heavy atom. The average Bonchev–Trinajstić information content (AvgIpc) is 2.52. The third-order valence-corrected chi connectivity index (χ3v) is 4.42. The van der Waals surface area contributed by atoms with Crippen LogP contribution in [-0.4, -0.2) is 17.0 Å². The Balaban J connectivity index is 2.25. The van der Waals surface area contributed by atoms with Crippen LogP contribution in [0.4, 0.5) is 0 Å². The van der Waals surface area contributed by atoms with E-state index < -0.39 is 20.1 Å². The number of benzene rings is 2. The van der Waals surface area contributed by atoms with Crippen molar-refractivity contribution in [2.45, 2.75) is 0 Å². The Morgan fingerprint density at radius 3 is 1.76 bits per heavy atom. The minimum atomic E-state index is -1.31. The molecule has 5 heteroatoms. The summed E-state index contributed by atoms with van der Waals surface area (Å²) in [6.45, 7) is 0. The highest BCUT2D eigenvalue weighted by atomic mass is 31.1. The smallest absolute Gasteiger partial charge is 0.334 e. The van der Waals surface area contributed by atoms with Crippen LogP contribution in [0.25, 0.3) is 0 Å². The summed E-state index contributed by atoms with van der Waals surface area (Å²) in [5.41, 5.74) is 0. The molecular weight excluding hydrogens is 287 g/mol. The molecule has 0 aliphatic carbocycles. The molecule has 0 atom stereocenters. The maximum atomic E-state index is 11.7. The van der Waals surface area contributed by atoms with Gasteiger partial charge in [-0.15, -0.1) is 0 Å². The Kier molecular flexibility index (Phi) is 5.24. The Morgan fingerprint density at radius 1 is 0.857 bits per heavy atom. The van der Waals surface area contributed by atoms with Gasteiger partial charge in [-0.3, -0.25) is 0 Å². The number of carbonyl (C=O) groups is 2. The summed E-state index contributed by atoms with van der Waals surface area (Å²) in [5.74, 6) is -1.85. The Hall–Kier alpha value is -2.45. The Bertz CT molecular complexity index is 598. The second-order valence-electron chi connectivity index (χ2n) is 4.05. The lowest BCUT2D eigenvalue weighted by atomic mass is 10.4. The van der Waals surface area contributed by atoms with E-state index in [1.165, 1.54) is 0 Å². The third kappa shape index (κ3) is 4.55. The van der Waals surface area contributed by atoms with Crippen molar-refractivity contribution in [2.75, 3.05) is 0 Å². The van der Waals surface area contributed by atoms with Crippen molar-refractivity contribution in [3.63, 3.8) is 0 Å². The van der Waals surface area contributed by atoms with Gasteiger partial charge in [-0.05, 0) is 0 Å². The first-order valence-corrected chi connectivity index (χ1v) is 7.46. The fraction of sp³-hybridized carbons (Fsp3) is 0. The van der Waals surface area contributed by atoms with E-state index in [4.69, 9.17) is 9.63 Å². The molecule has 2 rings (SSSR count). The highest BCUT2D eigenvalue weighted by molar-refractivity contribution is 7.69. The summed E-state index contributed by atoms with van der Waals surface area (Å²) in [4.78, 5) is 22.2. The molecule has 0 aromatic heterocycles. The van der Waals surface area contributed by atoms with Gasteiger partial charge in [0.05, 0.1) is 0 Å². The molecule has 0 unspecified atom stereocenters. The maximum Gasteiger partial charge on any atom is 0.334 e. The molecule has 0 fully saturated rings. The van der Waals surface area contributed by atoms with Gasteiger partial charge < -0.3 is 9.63 Å². The third-order valence-electron chi connectivity index (χ3n) is 2.52. The van der Waals surface area contributed by atoms with E-state index in [0.29, 0.717) is 0 Å². The van der Waals surface area contributed by atoms with Gasteiger partial charge in [-0.1, -0.05) is 60.7 Å². The number of carboxylic acids is 1. The van der Waals surface area contributed by atoms with Crippen molar-refractivity contribution in [3.05, 3.63) is 72.8 Å². The molecule has 106 valence electrons. The van der Waals surface area contributed by atoms with E-state index in [2.05, 4.69) is 0 Å². The molecule has 21 heavy (non-hydrogen) atoms. The number of hydrogen-bond acceptors (Lipinski definition) is 3. The fourth-order valence-electron chi connectivity index (χ4n) is 1.64. The second kappa shape index (κ2) is 7.36. The van der Waals surface area contributed by atoms with E-state index in [9.17, 15) is 9.59 Å². The van der Waals surface area contributed by atoms with Gasteiger partial charge in [0.2, 0.25) is 0 Å². The van der Waals surface area contributed by atoms with Gasteiger partial charge in [0.15, 0.2) is 8.15 Å². The van der Waals surface area contributed by atoms with Crippen molar-refractivity contribution < 1.29 is 19.2 Å². The molecule has 0 spiro atoms. The maximum absolute atomic E-state index is 11.7. The second-order valence-corrected chi connectivity index (χ2v) is 5.85. The molecule has 0 aliphatic heterocycles. The minimum Gasteiger partial charge on any atom is -0.478 e. The van der Waals surface area contributed by atoms with Crippen molar-refractivity contribution in [2.24, 2.45) is 0 Å². The summed E-state index contributed by atoms with van der Waals surface area (Å²) < 4.78 is 5.45. The molecule has 0 saturated carbocycles. The van der Waals surface area contributed by atoms with Crippen molar-refractivity contribution in [3.8, 4) is 0 Å². The van der Waals surface area contributed by atoms with Crippen molar-refractivity contribution >= 4 is 30.7 Å². The SMILES string of the molecule is O=C(O)/C=C/C(=O)OP(c1ccccc1)c1ccccc1. The lowest BCUT2D eigenvalue weighted by molar-refractivity contribution is -0.132. The number of rotatable bonds is 5. The van der Waals surface area contributed by atoms with Gasteiger partial charge in [0, 0.05) is 22.8 Å². The molecule has 2 aromatic carbocycles. The molecule has 0 amide bonds. The van der Waals surface area contributed by atoms with Crippen LogP contribution in [0, 0.1) is 0 Å². The lowest BCUT2D eigenvalue weighted by Gasteiger charge is -2.16. The quantitative estimate of drug-likeness (QED) is 0.679. The number of aliphatic carboxylic acids is 1. The minimum absolute atomic E-state index is 0.670. The summed E-state index contributed by atoms with van der Waals surface area (Å²) in [7, 11) is -1.31. The number of carbonyl (C=O) groups excluding carboxylic acids is 1. The molecule has 1 N–H and O–H groups in total. The molecule has 2 aromatic rings. The van der Waals surface area contributed by atoms with Gasteiger partial charge in [-0.2, -0.15) is 0 Å². The van der Waals surface area contributed by atoms with Crippen LogP contribution in [-0.2, 0) is 14.1 Å². The van der Waals surface area contributed by atoms with Crippen molar-refractivity contribution in [1.82, 2.24) is 0 Å². The zero-order valence-corrected chi connectivity index (χ0v) is 11.9. The number of hydrogen-bond donors (Lipinski definition) is 1. The predicted octanol–water partition coefficient (Wildman–Crippen LogP) is 2.22. The van der Waals surface area contributed by atoms with Crippen LogP contribution < -0.4 is 10.6 Å². The van der Waals surface area contributed by atoms with Crippen LogP contribution in [0.1, 0.15) is 0 Å². The molecule has 0 radical (unpaired) electrons. The highest BCUT2D eigenvalue weighted by Gasteiger charge is 2.18. The van der Waals surface area contributed by atoms with E-state index in [1.807, 2.05) is 60.7 Å². The normalized spacial score (nSPS) is 10.7. The van der Waals surface area contributed by atoms with E-state index >= 15 is 0 Å². The van der Waals surface area contributed by atoms with E-state index in [0.717, 1.165) is 22.8 Å². The summed E-state index contributed by atoms with van der Waals surface area (Å²) >= 11 is 0. The summed E-state index contributed by atoms with van der Waals surface area (Å²) in [5, 5.41) is 10.3. The van der Waals surface area contributed by atoms with Gasteiger partial charge in [0.1, 0.15) is 0 Å². The van der Waals surface area contributed by atoms with Crippen LogP contribution >= 0.6 is 8.15 Å². The van der Waals surface area contributed by atoms with Crippen molar-refractivity contribution in [1.29, 1.82) is 0 Å². The first kappa shape index (κ1) is 14.9. The highest BCUT2D eigenvalue weighted by Crippen LogP contribution is 2.34. The van der Waals surface area contributed by atoms with Gasteiger partial charge >= 0.3 is 11.9 Å². The molecule has 0 saturated heterocycles. The first-order valence-electron chi connectivity index (χ1n) is 6.20. The van der Waals surface area contributed by atoms with Crippen LogP contribution in [0.2, 0.25) is 0 Å². The summed E-state index contributed by atoms with van der Waals surface area (Å²) in [6, 6.07) is 18.8. The standard InChI is InChI=1S/C16H13O4P/c17-15(18)11-12-16(19)20-21(13-7-3-1-4-8-13)14-9-5-2-6-10-14/h1-12H,(H,17,18)/b12-11+. The zero-order chi connectivity index (χ0) is 15.1. The lowest BCUT2D eigenvalue weighted by Crippen LogP contribution is -2.15. The fourth-order valence-corrected chi connectivity index (χ4v) is 3.28. The van der Waals surface area contributed by atoms with E-state index in [1.54, 1.807) is 0 Å². The molecule has 4 nitrogen and oxygen atoms in total. The predicted molar refractivity (Wildman–Crippen MR) is 81.9 cm³/mol. The monoisotopic (exact) mass is 300 g/mol. The van der Waals surface area contributed by atoms with E-state index in [-0.39, 0.29) is 0 Å². The topological polar surface area (TPSA) is 63.6 Å². The number of carboxylic acid groups (broad SMARTS) is 1. The van der Waals surface area contributed by atoms with Crippen LogP contribution in [0.5, 0.6) is 0 Å². The van der Waals surface area contributed by atoms with Crippen LogP contribution in [0.3, 0.4) is 0 Å². The molecule has 0 bridgehead atoms. The molecule has 0 aliphatic rings. The zero-order valence-electron chi connectivity index (χ0n) is 11.0. The van der Waals surface area contributed by atoms with Crippen LogP contribution in [0.15, 0.2) is 72.8 Å². The average molecular weight is 300 g/mol. The largest absolute Gasteiger partial charge is 0.478 e. The Labute approximate surface area is 123 Å². The van der Waals surface area contributed by atoms with Gasteiger partial charge in [-0.25, -0.2) is 9.59 Å². The molecular formula is C16H13O4P. The molecule has 0 heterocycles.